The van der Waals surface area contributed by atoms with Crippen LogP contribution >= 0.6 is 0 Å². The van der Waals surface area contributed by atoms with Crippen LogP contribution in [0.2, 0.25) is 0 Å². The monoisotopic (exact) mass is 279 g/mol. The molecule has 1 saturated heterocycles. The maximum Gasteiger partial charge on any atom is 0.219 e. The van der Waals surface area contributed by atoms with Gasteiger partial charge in [0.05, 0.1) is 25.6 Å². The summed E-state index contributed by atoms with van der Waals surface area (Å²) in [4.78, 5) is 15.4. The zero-order valence-corrected chi connectivity index (χ0v) is 12.2. The molecule has 0 unspecified atom stereocenters. The first-order chi connectivity index (χ1) is 9.58. The van der Waals surface area contributed by atoms with Gasteiger partial charge >= 0.3 is 0 Å². The summed E-state index contributed by atoms with van der Waals surface area (Å²) in [6, 6.07) is 3.74. The van der Waals surface area contributed by atoms with Gasteiger partial charge in [-0.05, 0) is 12.1 Å². The molecule has 0 bridgehead atoms. The number of rotatable bonds is 3. The minimum atomic E-state index is 0.117. The van der Waals surface area contributed by atoms with Crippen molar-refractivity contribution in [3.05, 3.63) is 12.1 Å². The van der Waals surface area contributed by atoms with Gasteiger partial charge in [-0.15, -0.1) is 0 Å². The van der Waals surface area contributed by atoms with Crippen LogP contribution in [0.5, 0.6) is 11.5 Å². The van der Waals surface area contributed by atoms with E-state index in [0.29, 0.717) is 30.3 Å². The topological polar surface area (TPSA) is 68.0 Å². The van der Waals surface area contributed by atoms with Gasteiger partial charge in [0.1, 0.15) is 0 Å². The normalized spacial score (nSPS) is 15.2. The van der Waals surface area contributed by atoms with Gasteiger partial charge in [-0.3, -0.25) is 4.79 Å². The Balaban J connectivity index is 2.24. The fraction of sp³-hybridized carbons (Fsp3) is 0.500. The molecule has 1 aliphatic heterocycles. The van der Waals surface area contributed by atoms with Crippen molar-refractivity contribution in [2.75, 3.05) is 51.0 Å². The highest BCUT2D eigenvalue weighted by Gasteiger charge is 2.23. The minimum Gasteiger partial charge on any atom is -0.491 e. The Hall–Kier alpha value is -2.11. The summed E-state index contributed by atoms with van der Waals surface area (Å²) >= 11 is 0. The standard InChI is InChI=1S/C14H21N3O3/c1-10(18)16-6-8-17(9-7-16)12-5-4-11(15)13(19-2)14(12)20-3/h4-5H,6-9,15H2,1-3H3. The minimum absolute atomic E-state index is 0.117. The second-order valence-corrected chi connectivity index (χ2v) is 4.73. The number of anilines is 2. The first-order valence-electron chi connectivity index (χ1n) is 6.59. The number of carbonyl (C=O) groups is 1. The average Bonchev–Trinajstić information content (AvgIpc) is 2.46. The van der Waals surface area contributed by atoms with Gasteiger partial charge in [-0.2, -0.15) is 0 Å². The fourth-order valence-electron chi connectivity index (χ4n) is 2.49. The van der Waals surface area contributed by atoms with Crippen LogP contribution in [0.15, 0.2) is 12.1 Å². The van der Waals surface area contributed by atoms with Crippen molar-refractivity contribution in [2.24, 2.45) is 0 Å². The van der Waals surface area contributed by atoms with E-state index in [0.717, 1.165) is 18.8 Å². The lowest BCUT2D eigenvalue weighted by Crippen LogP contribution is -2.48. The maximum atomic E-state index is 11.4. The number of carbonyl (C=O) groups excluding carboxylic acids is 1. The van der Waals surface area contributed by atoms with E-state index in [4.69, 9.17) is 15.2 Å². The lowest BCUT2D eigenvalue weighted by Gasteiger charge is -2.36. The quantitative estimate of drug-likeness (QED) is 0.835. The van der Waals surface area contributed by atoms with Crippen molar-refractivity contribution in [1.29, 1.82) is 0 Å². The molecule has 110 valence electrons. The summed E-state index contributed by atoms with van der Waals surface area (Å²) in [6.07, 6.45) is 0. The number of benzene rings is 1. The van der Waals surface area contributed by atoms with Gasteiger partial charge in [-0.25, -0.2) is 0 Å². The van der Waals surface area contributed by atoms with Crippen molar-refractivity contribution in [1.82, 2.24) is 4.90 Å². The molecule has 1 aromatic carbocycles. The van der Waals surface area contributed by atoms with E-state index < -0.39 is 0 Å². The number of nitrogens with zero attached hydrogens (tertiary/aromatic N) is 2. The highest BCUT2D eigenvalue weighted by atomic mass is 16.5. The number of amides is 1. The third-order valence-corrected chi connectivity index (χ3v) is 3.60. The molecule has 0 saturated carbocycles. The van der Waals surface area contributed by atoms with Crippen LogP contribution in [0.25, 0.3) is 0 Å². The van der Waals surface area contributed by atoms with Crippen LogP contribution in [-0.4, -0.2) is 51.2 Å². The van der Waals surface area contributed by atoms with E-state index in [1.165, 1.54) is 0 Å². The Morgan fingerprint density at radius 2 is 1.70 bits per heavy atom. The van der Waals surface area contributed by atoms with Gasteiger partial charge in [0, 0.05) is 33.1 Å². The summed E-state index contributed by atoms with van der Waals surface area (Å²) in [5.74, 6) is 1.31. The van der Waals surface area contributed by atoms with Crippen molar-refractivity contribution in [3.8, 4) is 11.5 Å². The molecule has 1 heterocycles. The molecule has 0 atom stereocenters. The van der Waals surface area contributed by atoms with E-state index in [1.54, 1.807) is 21.1 Å². The average molecular weight is 279 g/mol. The number of hydrogen-bond acceptors (Lipinski definition) is 5. The molecule has 1 fully saturated rings. The Bertz CT molecular complexity index is 497. The van der Waals surface area contributed by atoms with Gasteiger partial charge in [0.15, 0.2) is 11.5 Å². The van der Waals surface area contributed by atoms with Crippen LogP contribution in [0.1, 0.15) is 6.92 Å². The number of nitrogen functional groups attached to an aromatic ring is 1. The Labute approximate surface area is 119 Å². The van der Waals surface area contributed by atoms with Gasteiger partial charge in [-0.1, -0.05) is 0 Å². The molecule has 20 heavy (non-hydrogen) atoms. The van der Waals surface area contributed by atoms with Crippen LogP contribution in [-0.2, 0) is 4.79 Å². The SMILES string of the molecule is COc1c(N)ccc(N2CCN(C(C)=O)CC2)c1OC. The zero-order valence-electron chi connectivity index (χ0n) is 12.2. The van der Waals surface area contributed by atoms with E-state index in [9.17, 15) is 4.79 Å². The van der Waals surface area contributed by atoms with E-state index in [-0.39, 0.29) is 5.91 Å². The van der Waals surface area contributed by atoms with Crippen LogP contribution in [0, 0.1) is 0 Å². The first-order valence-corrected chi connectivity index (χ1v) is 6.59. The van der Waals surface area contributed by atoms with Crippen molar-refractivity contribution in [3.63, 3.8) is 0 Å². The van der Waals surface area contributed by atoms with Gasteiger partial charge < -0.3 is 25.0 Å². The van der Waals surface area contributed by atoms with Gasteiger partial charge in [0.2, 0.25) is 5.91 Å². The van der Waals surface area contributed by atoms with Gasteiger partial charge in [0.25, 0.3) is 0 Å². The lowest BCUT2D eigenvalue weighted by atomic mass is 10.2. The number of methoxy groups -OCH3 is 2. The molecule has 1 amide bonds. The summed E-state index contributed by atoms with van der Waals surface area (Å²) in [7, 11) is 3.18. The third kappa shape index (κ3) is 2.59. The molecule has 2 N–H and O–H groups in total. The van der Waals surface area contributed by atoms with Crippen LogP contribution < -0.4 is 20.1 Å². The molecule has 1 aromatic rings. The van der Waals surface area contributed by atoms with Crippen molar-refractivity contribution >= 4 is 17.3 Å². The Morgan fingerprint density at radius 3 is 2.20 bits per heavy atom. The van der Waals surface area contributed by atoms with Crippen LogP contribution in [0.3, 0.4) is 0 Å². The van der Waals surface area contributed by atoms with Crippen molar-refractivity contribution in [2.45, 2.75) is 6.92 Å². The highest BCUT2D eigenvalue weighted by Crippen LogP contribution is 2.41. The van der Waals surface area contributed by atoms with Crippen molar-refractivity contribution < 1.29 is 14.3 Å². The van der Waals surface area contributed by atoms with Crippen LogP contribution in [0.4, 0.5) is 11.4 Å². The molecular weight excluding hydrogens is 258 g/mol. The predicted octanol–water partition coefficient (Wildman–Crippen LogP) is 0.954. The largest absolute Gasteiger partial charge is 0.491 e. The number of hydrogen-bond donors (Lipinski definition) is 1. The molecule has 0 aromatic heterocycles. The molecule has 0 aliphatic carbocycles. The lowest BCUT2D eigenvalue weighted by molar-refractivity contribution is -0.129. The predicted molar refractivity (Wildman–Crippen MR) is 78.4 cm³/mol. The molecule has 1 aliphatic rings. The molecule has 0 spiro atoms. The highest BCUT2D eigenvalue weighted by molar-refractivity contribution is 5.75. The Morgan fingerprint density at radius 1 is 1.10 bits per heavy atom. The number of nitrogens with two attached hydrogens (primary N) is 1. The zero-order chi connectivity index (χ0) is 14.7. The molecule has 2 rings (SSSR count). The summed E-state index contributed by atoms with van der Waals surface area (Å²) < 4.78 is 10.8. The first kappa shape index (κ1) is 14.3. The molecule has 6 heteroatoms. The van der Waals surface area contributed by atoms with E-state index in [2.05, 4.69) is 4.90 Å². The fourth-order valence-corrected chi connectivity index (χ4v) is 2.49. The number of piperazine rings is 1. The maximum absolute atomic E-state index is 11.4. The Kier molecular flexibility index (Phi) is 4.22. The smallest absolute Gasteiger partial charge is 0.219 e. The second kappa shape index (κ2) is 5.90. The second-order valence-electron chi connectivity index (χ2n) is 4.73. The number of ether oxygens (including phenoxy) is 2. The molecule has 6 nitrogen and oxygen atoms in total. The molecular formula is C14H21N3O3. The van der Waals surface area contributed by atoms with E-state index in [1.807, 2.05) is 17.0 Å². The summed E-state index contributed by atoms with van der Waals surface area (Å²) in [5.41, 5.74) is 7.39. The summed E-state index contributed by atoms with van der Waals surface area (Å²) in [6.45, 7) is 4.56. The third-order valence-electron chi connectivity index (χ3n) is 3.60. The molecule has 0 radical (unpaired) electrons. The van der Waals surface area contributed by atoms with E-state index >= 15 is 0 Å². The summed E-state index contributed by atoms with van der Waals surface area (Å²) in [5, 5.41) is 0.